The average molecular weight is 436 g/mol. The molecule has 1 N–H and O–H groups in total. The minimum Gasteiger partial charge on any atom is -0.355 e. The number of amides is 2. The maximum Gasteiger partial charge on any atom is 0.244 e. The van der Waals surface area contributed by atoms with Crippen LogP contribution in [0.2, 0.25) is 0 Å². The van der Waals surface area contributed by atoms with Crippen molar-refractivity contribution in [2.75, 3.05) is 23.7 Å². The quantitative estimate of drug-likeness (QED) is 0.654. The predicted octanol–water partition coefficient (Wildman–Crippen LogP) is 2.15. The minimum atomic E-state index is -3.75. The van der Waals surface area contributed by atoms with Gasteiger partial charge in [0.15, 0.2) is 0 Å². The third-order valence-corrected chi connectivity index (χ3v) is 5.65. The third kappa shape index (κ3) is 6.28. The molecule has 0 aliphatic rings. The molecule has 7 nitrogen and oxygen atoms in total. The van der Waals surface area contributed by atoms with Crippen LogP contribution in [0, 0.1) is 5.82 Å². The van der Waals surface area contributed by atoms with Gasteiger partial charge in [-0.25, -0.2) is 12.8 Å². The second-order valence-electron chi connectivity index (χ2n) is 6.82. The molecule has 0 saturated carbocycles. The van der Waals surface area contributed by atoms with E-state index in [1.165, 1.54) is 29.2 Å². The van der Waals surface area contributed by atoms with Crippen molar-refractivity contribution >= 4 is 27.5 Å². The van der Waals surface area contributed by atoms with Gasteiger partial charge < -0.3 is 10.2 Å². The average Bonchev–Trinajstić information content (AvgIpc) is 2.71. The minimum absolute atomic E-state index is 0.0316. The monoisotopic (exact) mass is 435 g/mol. The van der Waals surface area contributed by atoms with Gasteiger partial charge in [-0.05, 0) is 43.7 Å². The summed E-state index contributed by atoms with van der Waals surface area (Å²) >= 11 is 0. The molecule has 0 aliphatic carbocycles. The van der Waals surface area contributed by atoms with Crippen LogP contribution < -0.4 is 9.62 Å². The molecular weight excluding hydrogens is 409 g/mol. The molecule has 0 radical (unpaired) electrons. The number of benzene rings is 2. The molecule has 0 saturated heterocycles. The molecule has 1 unspecified atom stereocenters. The summed E-state index contributed by atoms with van der Waals surface area (Å²) in [5.74, 6) is -1.33. The van der Waals surface area contributed by atoms with Crippen LogP contribution >= 0.6 is 0 Å². The van der Waals surface area contributed by atoms with Gasteiger partial charge in [0.1, 0.15) is 18.4 Å². The van der Waals surface area contributed by atoms with Crippen molar-refractivity contribution in [1.29, 1.82) is 0 Å². The molecule has 162 valence electrons. The highest BCUT2D eigenvalue weighted by atomic mass is 32.2. The normalized spacial score (nSPS) is 12.1. The standard InChI is InChI=1S/C21H26FN3O4S/c1-4-23-21(27)16(2)24(14-17-10-12-18(22)13-11-17)20(26)15-25(30(3,28)29)19-8-6-5-7-9-19/h5-13,16H,4,14-15H2,1-3H3,(H,23,27). The zero-order chi connectivity index (χ0) is 22.3. The third-order valence-electron chi connectivity index (χ3n) is 4.51. The first-order chi connectivity index (χ1) is 14.1. The van der Waals surface area contributed by atoms with Crippen LogP contribution in [-0.2, 0) is 26.2 Å². The van der Waals surface area contributed by atoms with E-state index in [-0.39, 0.29) is 12.5 Å². The summed E-state index contributed by atoms with van der Waals surface area (Å²) in [4.78, 5) is 26.8. The first-order valence-electron chi connectivity index (χ1n) is 9.48. The van der Waals surface area contributed by atoms with Crippen LogP contribution in [0.25, 0.3) is 0 Å². The van der Waals surface area contributed by atoms with Gasteiger partial charge >= 0.3 is 0 Å². The van der Waals surface area contributed by atoms with Crippen molar-refractivity contribution < 1.29 is 22.4 Å². The van der Waals surface area contributed by atoms with Crippen LogP contribution in [0.1, 0.15) is 19.4 Å². The molecule has 0 heterocycles. The molecule has 0 spiro atoms. The lowest BCUT2D eigenvalue weighted by molar-refractivity contribution is -0.139. The Morgan fingerprint density at radius 2 is 1.67 bits per heavy atom. The highest BCUT2D eigenvalue weighted by Crippen LogP contribution is 2.18. The summed E-state index contributed by atoms with van der Waals surface area (Å²) in [6, 6.07) is 13.0. The van der Waals surface area contributed by atoms with Gasteiger partial charge in [0.25, 0.3) is 0 Å². The van der Waals surface area contributed by atoms with Crippen molar-refractivity contribution in [2.24, 2.45) is 0 Å². The molecule has 2 aromatic carbocycles. The lowest BCUT2D eigenvalue weighted by atomic mass is 10.1. The largest absolute Gasteiger partial charge is 0.355 e. The predicted molar refractivity (Wildman–Crippen MR) is 114 cm³/mol. The van der Waals surface area contributed by atoms with Crippen molar-refractivity contribution in [3.63, 3.8) is 0 Å². The van der Waals surface area contributed by atoms with Gasteiger partial charge in [-0.1, -0.05) is 30.3 Å². The molecule has 2 rings (SSSR count). The molecule has 0 aromatic heterocycles. The van der Waals surface area contributed by atoms with Crippen LogP contribution in [0.4, 0.5) is 10.1 Å². The summed E-state index contributed by atoms with van der Waals surface area (Å²) in [5.41, 5.74) is 0.965. The Bertz CT molecular complexity index is 966. The molecule has 2 amide bonds. The van der Waals surface area contributed by atoms with E-state index in [4.69, 9.17) is 0 Å². The second kappa shape index (κ2) is 10.2. The first-order valence-corrected chi connectivity index (χ1v) is 11.3. The number of carbonyl (C=O) groups is 2. The number of hydrogen-bond acceptors (Lipinski definition) is 4. The molecule has 2 aromatic rings. The van der Waals surface area contributed by atoms with Gasteiger partial charge in [-0.3, -0.25) is 13.9 Å². The van der Waals surface area contributed by atoms with Crippen LogP contribution in [0.3, 0.4) is 0 Å². The number of rotatable bonds is 9. The summed E-state index contributed by atoms with van der Waals surface area (Å²) in [7, 11) is -3.75. The van der Waals surface area contributed by atoms with E-state index in [0.29, 0.717) is 17.8 Å². The zero-order valence-electron chi connectivity index (χ0n) is 17.2. The molecule has 0 aliphatic heterocycles. The van der Waals surface area contributed by atoms with Gasteiger partial charge in [-0.2, -0.15) is 0 Å². The summed E-state index contributed by atoms with van der Waals surface area (Å²) < 4.78 is 38.9. The second-order valence-corrected chi connectivity index (χ2v) is 8.73. The number of nitrogens with zero attached hydrogens (tertiary/aromatic N) is 2. The number of anilines is 1. The van der Waals surface area contributed by atoms with Gasteiger partial charge in [0.2, 0.25) is 21.8 Å². The maximum absolute atomic E-state index is 13.2. The van der Waals surface area contributed by atoms with E-state index < -0.39 is 34.3 Å². The van der Waals surface area contributed by atoms with E-state index in [0.717, 1.165) is 10.6 Å². The number of halogens is 1. The van der Waals surface area contributed by atoms with E-state index in [1.807, 2.05) is 0 Å². The summed E-state index contributed by atoms with van der Waals surface area (Å²) in [6.07, 6.45) is 1.02. The fourth-order valence-electron chi connectivity index (χ4n) is 2.90. The summed E-state index contributed by atoms with van der Waals surface area (Å²) in [5, 5.41) is 2.67. The zero-order valence-corrected chi connectivity index (χ0v) is 18.0. The lowest BCUT2D eigenvalue weighted by Gasteiger charge is -2.31. The number of likely N-dealkylation sites (N-methyl/N-ethyl adjacent to an activating group) is 1. The molecule has 0 bridgehead atoms. The van der Waals surface area contributed by atoms with Crippen molar-refractivity contribution in [2.45, 2.75) is 26.4 Å². The summed E-state index contributed by atoms with van der Waals surface area (Å²) in [6.45, 7) is 3.29. The van der Waals surface area contributed by atoms with E-state index >= 15 is 0 Å². The van der Waals surface area contributed by atoms with E-state index in [2.05, 4.69) is 5.32 Å². The fourth-order valence-corrected chi connectivity index (χ4v) is 3.75. The highest BCUT2D eigenvalue weighted by Gasteiger charge is 2.29. The molecule has 1 atom stereocenters. The number of para-hydroxylation sites is 1. The van der Waals surface area contributed by atoms with Crippen LogP contribution in [0.5, 0.6) is 0 Å². The SMILES string of the molecule is CCNC(=O)C(C)N(Cc1ccc(F)cc1)C(=O)CN(c1ccccc1)S(C)(=O)=O. The van der Waals surface area contributed by atoms with E-state index in [9.17, 15) is 22.4 Å². The Morgan fingerprint density at radius 3 is 2.20 bits per heavy atom. The van der Waals surface area contributed by atoms with Crippen molar-refractivity contribution in [1.82, 2.24) is 10.2 Å². The highest BCUT2D eigenvalue weighted by molar-refractivity contribution is 7.92. The van der Waals surface area contributed by atoms with Gasteiger partial charge in [-0.15, -0.1) is 0 Å². The van der Waals surface area contributed by atoms with Crippen LogP contribution in [-0.4, -0.2) is 50.5 Å². The Hall–Kier alpha value is -2.94. The van der Waals surface area contributed by atoms with Crippen molar-refractivity contribution in [3.05, 3.63) is 66.0 Å². The van der Waals surface area contributed by atoms with E-state index in [1.54, 1.807) is 44.2 Å². The van der Waals surface area contributed by atoms with Crippen LogP contribution in [0.15, 0.2) is 54.6 Å². The fraction of sp³-hybridized carbons (Fsp3) is 0.333. The topological polar surface area (TPSA) is 86.8 Å². The first kappa shape index (κ1) is 23.3. The number of carbonyl (C=O) groups excluding carboxylic acids is 2. The maximum atomic E-state index is 13.2. The Kier molecular flexibility index (Phi) is 7.93. The van der Waals surface area contributed by atoms with Gasteiger partial charge in [0.05, 0.1) is 11.9 Å². The van der Waals surface area contributed by atoms with Crippen molar-refractivity contribution in [3.8, 4) is 0 Å². The Balaban J connectivity index is 2.34. The number of hydrogen-bond donors (Lipinski definition) is 1. The Morgan fingerprint density at radius 1 is 1.07 bits per heavy atom. The Labute approximate surface area is 176 Å². The smallest absolute Gasteiger partial charge is 0.244 e. The number of sulfonamides is 1. The molecular formula is C21H26FN3O4S. The molecule has 0 fully saturated rings. The molecule has 30 heavy (non-hydrogen) atoms. The molecule has 9 heteroatoms. The van der Waals surface area contributed by atoms with Gasteiger partial charge in [0, 0.05) is 13.1 Å². The number of nitrogens with one attached hydrogen (secondary N) is 1. The lowest BCUT2D eigenvalue weighted by Crippen LogP contribution is -2.51.